The molecule has 3 aromatic heterocycles. The summed E-state index contributed by atoms with van der Waals surface area (Å²) < 4.78 is 16.9. The summed E-state index contributed by atoms with van der Waals surface area (Å²) in [5, 5.41) is 1.81. The first-order chi connectivity index (χ1) is 16.0. The van der Waals surface area contributed by atoms with Crippen molar-refractivity contribution in [3.63, 3.8) is 0 Å². The van der Waals surface area contributed by atoms with Gasteiger partial charge in [0.05, 0.1) is 31.3 Å². The molecule has 170 valence electrons. The van der Waals surface area contributed by atoms with Crippen molar-refractivity contribution in [1.82, 2.24) is 14.5 Å². The lowest BCUT2D eigenvalue weighted by atomic mass is 10.2. The number of benzene rings is 1. The molecular formula is C22H19N3O6S2. The minimum atomic E-state index is -0.615. The number of hydrogen-bond donors (Lipinski definition) is 0. The number of methoxy groups -OCH3 is 1. The molecule has 3 heterocycles. The fraction of sp³-hybridized carbons (Fsp3) is 0.227. The van der Waals surface area contributed by atoms with Crippen molar-refractivity contribution in [3.8, 4) is 16.2 Å². The maximum absolute atomic E-state index is 12.9. The highest BCUT2D eigenvalue weighted by Crippen LogP contribution is 2.31. The third-order valence-corrected chi connectivity index (χ3v) is 6.59. The Morgan fingerprint density at radius 1 is 1.15 bits per heavy atom. The number of thiazole rings is 1. The van der Waals surface area contributed by atoms with Gasteiger partial charge in [-0.25, -0.2) is 14.8 Å². The predicted molar refractivity (Wildman–Crippen MR) is 124 cm³/mol. The molecule has 0 spiro atoms. The van der Waals surface area contributed by atoms with Crippen molar-refractivity contribution in [2.24, 2.45) is 0 Å². The summed E-state index contributed by atoms with van der Waals surface area (Å²) in [6.45, 7) is 1.56. The maximum atomic E-state index is 12.9. The summed E-state index contributed by atoms with van der Waals surface area (Å²) >= 11 is 2.42. The van der Waals surface area contributed by atoms with Crippen molar-refractivity contribution in [2.75, 3.05) is 13.7 Å². The van der Waals surface area contributed by atoms with Crippen LogP contribution in [0.4, 0.5) is 0 Å². The maximum Gasteiger partial charge on any atom is 0.367 e. The van der Waals surface area contributed by atoms with E-state index in [1.807, 2.05) is 30.3 Å². The van der Waals surface area contributed by atoms with Crippen molar-refractivity contribution in [2.45, 2.75) is 20.1 Å². The second-order valence-electron chi connectivity index (χ2n) is 6.76. The second kappa shape index (κ2) is 9.92. The van der Waals surface area contributed by atoms with Crippen LogP contribution in [0.1, 0.15) is 22.4 Å². The zero-order chi connectivity index (χ0) is 23.4. The van der Waals surface area contributed by atoms with E-state index >= 15 is 0 Å². The standard InChI is InChI=1S/C22H19N3O6S2/c1-3-30-22(28)20-24-14(11-32-20)10-31-18(26)9-25-12-23-16-8-17(33-19(16)21(25)27)13-4-6-15(29-2)7-5-13/h4-8,11-12H,3,9-10H2,1-2H3. The monoisotopic (exact) mass is 485 g/mol. The number of carbonyl (C=O) groups excluding carboxylic acids is 2. The highest BCUT2D eigenvalue weighted by atomic mass is 32.1. The van der Waals surface area contributed by atoms with Crippen molar-refractivity contribution >= 4 is 44.8 Å². The molecule has 9 nitrogen and oxygen atoms in total. The molecule has 4 rings (SSSR count). The molecule has 0 saturated heterocycles. The van der Waals surface area contributed by atoms with E-state index in [0.717, 1.165) is 27.5 Å². The van der Waals surface area contributed by atoms with Gasteiger partial charge in [-0.15, -0.1) is 22.7 Å². The molecule has 0 atom stereocenters. The number of esters is 2. The number of aromatic nitrogens is 3. The quantitative estimate of drug-likeness (QED) is 0.349. The normalized spacial score (nSPS) is 10.8. The van der Waals surface area contributed by atoms with Crippen LogP contribution in [0.25, 0.3) is 20.7 Å². The van der Waals surface area contributed by atoms with E-state index in [1.54, 1.807) is 19.4 Å². The lowest BCUT2D eigenvalue weighted by Crippen LogP contribution is -2.25. The van der Waals surface area contributed by atoms with Crippen LogP contribution in [-0.2, 0) is 27.4 Å². The first-order valence-electron chi connectivity index (χ1n) is 9.89. The average Bonchev–Trinajstić information content (AvgIpc) is 3.48. The molecule has 0 saturated carbocycles. The molecule has 0 fully saturated rings. The predicted octanol–water partition coefficient (Wildman–Crippen LogP) is 3.51. The lowest BCUT2D eigenvalue weighted by Gasteiger charge is -2.05. The summed E-state index contributed by atoms with van der Waals surface area (Å²) in [5.74, 6) is -0.388. The summed E-state index contributed by atoms with van der Waals surface area (Å²) in [6, 6.07) is 9.35. The van der Waals surface area contributed by atoms with Gasteiger partial charge < -0.3 is 14.2 Å². The minimum absolute atomic E-state index is 0.111. The molecule has 0 aliphatic heterocycles. The summed E-state index contributed by atoms with van der Waals surface area (Å²) in [7, 11) is 1.60. The fourth-order valence-electron chi connectivity index (χ4n) is 2.95. The Morgan fingerprint density at radius 2 is 1.94 bits per heavy atom. The molecule has 0 radical (unpaired) electrons. The third kappa shape index (κ3) is 5.10. The van der Waals surface area contributed by atoms with Crippen molar-refractivity contribution in [3.05, 3.63) is 63.1 Å². The number of ether oxygens (including phenoxy) is 3. The number of hydrogen-bond acceptors (Lipinski definition) is 10. The summed E-state index contributed by atoms with van der Waals surface area (Å²) in [6.07, 6.45) is 1.33. The summed E-state index contributed by atoms with van der Waals surface area (Å²) in [4.78, 5) is 46.1. The molecule has 0 bridgehead atoms. The molecular weight excluding hydrogens is 466 g/mol. The number of thiophene rings is 1. The smallest absolute Gasteiger partial charge is 0.367 e. The van der Waals surface area contributed by atoms with Gasteiger partial charge in [0.1, 0.15) is 23.6 Å². The van der Waals surface area contributed by atoms with Gasteiger partial charge in [0.2, 0.25) is 5.01 Å². The Kier molecular flexibility index (Phi) is 6.80. The number of nitrogens with zero attached hydrogens (tertiary/aromatic N) is 3. The zero-order valence-electron chi connectivity index (χ0n) is 17.8. The average molecular weight is 486 g/mol. The van der Waals surface area contributed by atoms with E-state index < -0.39 is 11.9 Å². The molecule has 4 aromatic rings. The van der Waals surface area contributed by atoms with Gasteiger partial charge in [0, 0.05) is 10.3 Å². The van der Waals surface area contributed by atoms with Crippen LogP contribution in [0.3, 0.4) is 0 Å². The molecule has 0 unspecified atom stereocenters. The molecule has 0 aliphatic rings. The second-order valence-corrected chi connectivity index (χ2v) is 8.67. The Balaban J connectivity index is 1.44. The topological polar surface area (TPSA) is 110 Å². The Labute approximate surface area is 196 Å². The van der Waals surface area contributed by atoms with Crippen LogP contribution in [0.15, 0.2) is 46.8 Å². The van der Waals surface area contributed by atoms with Crippen LogP contribution >= 0.6 is 22.7 Å². The number of fused-ring (bicyclic) bond motifs is 1. The molecule has 1 aromatic carbocycles. The SMILES string of the molecule is CCOC(=O)c1nc(COC(=O)Cn2cnc3cc(-c4ccc(OC)cc4)sc3c2=O)cs1. The first kappa shape index (κ1) is 22.6. The van der Waals surface area contributed by atoms with Gasteiger partial charge in [-0.2, -0.15) is 0 Å². The molecule has 0 aliphatic carbocycles. The number of rotatable bonds is 8. The van der Waals surface area contributed by atoms with E-state index in [1.165, 1.54) is 22.2 Å². The van der Waals surface area contributed by atoms with Gasteiger partial charge in [-0.3, -0.25) is 14.2 Å². The Bertz CT molecular complexity index is 1360. The van der Waals surface area contributed by atoms with Gasteiger partial charge >= 0.3 is 11.9 Å². The van der Waals surface area contributed by atoms with E-state index in [-0.39, 0.29) is 30.3 Å². The van der Waals surface area contributed by atoms with E-state index in [2.05, 4.69) is 9.97 Å². The minimum Gasteiger partial charge on any atom is -0.497 e. The van der Waals surface area contributed by atoms with E-state index in [4.69, 9.17) is 14.2 Å². The Hall–Kier alpha value is -3.57. The van der Waals surface area contributed by atoms with E-state index in [0.29, 0.717) is 15.9 Å². The summed E-state index contributed by atoms with van der Waals surface area (Å²) in [5.41, 5.74) is 1.61. The van der Waals surface area contributed by atoms with Gasteiger partial charge in [-0.05, 0) is 42.8 Å². The highest BCUT2D eigenvalue weighted by Gasteiger charge is 2.15. The largest absolute Gasteiger partial charge is 0.497 e. The van der Waals surface area contributed by atoms with Crippen LogP contribution < -0.4 is 10.3 Å². The van der Waals surface area contributed by atoms with Crippen LogP contribution in [0.2, 0.25) is 0 Å². The van der Waals surface area contributed by atoms with E-state index in [9.17, 15) is 14.4 Å². The molecule has 11 heteroatoms. The third-order valence-electron chi connectivity index (χ3n) is 4.56. The zero-order valence-corrected chi connectivity index (χ0v) is 19.4. The number of carbonyl (C=O) groups is 2. The lowest BCUT2D eigenvalue weighted by molar-refractivity contribution is -0.145. The molecule has 0 amide bonds. The molecule has 0 N–H and O–H groups in total. The van der Waals surface area contributed by atoms with Crippen molar-refractivity contribution in [1.29, 1.82) is 0 Å². The van der Waals surface area contributed by atoms with Gasteiger partial charge in [0.15, 0.2) is 0 Å². The highest BCUT2D eigenvalue weighted by molar-refractivity contribution is 7.22. The van der Waals surface area contributed by atoms with Crippen LogP contribution in [0.5, 0.6) is 5.75 Å². The fourth-order valence-corrected chi connectivity index (χ4v) is 4.71. The van der Waals surface area contributed by atoms with Crippen LogP contribution in [-0.4, -0.2) is 40.2 Å². The van der Waals surface area contributed by atoms with Gasteiger partial charge in [0.25, 0.3) is 5.56 Å². The molecule has 33 heavy (non-hydrogen) atoms. The van der Waals surface area contributed by atoms with Crippen molar-refractivity contribution < 1.29 is 23.8 Å². The van der Waals surface area contributed by atoms with Gasteiger partial charge in [-0.1, -0.05) is 0 Å². The van der Waals surface area contributed by atoms with Crippen LogP contribution in [0, 0.1) is 0 Å². The first-order valence-corrected chi connectivity index (χ1v) is 11.6. The Morgan fingerprint density at radius 3 is 2.67 bits per heavy atom.